The lowest BCUT2D eigenvalue weighted by Gasteiger charge is -2.25. The number of benzene rings is 1. The Balaban J connectivity index is 2.14. The van der Waals surface area contributed by atoms with Gasteiger partial charge in [-0.1, -0.05) is 27.2 Å². The summed E-state index contributed by atoms with van der Waals surface area (Å²) in [5.41, 5.74) is -0.644. The molecular weight excluding hydrogens is 376 g/mol. The number of carbonyl (C=O) groups is 1. The number of Topliss-reactive ketones (excluding diaryl/α,β-unsaturated/α-hetero) is 1. The summed E-state index contributed by atoms with van der Waals surface area (Å²) >= 11 is 0. The summed E-state index contributed by atoms with van der Waals surface area (Å²) in [6.07, 6.45) is 2.68. The molecule has 2 rings (SSSR count). The van der Waals surface area contributed by atoms with Gasteiger partial charge in [-0.05, 0) is 37.1 Å². The van der Waals surface area contributed by atoms with Crippen LogP contribution in [0.2, 0.25) is 0 Å². The molecule has 0 saturated carbocycles. The Morgan fingerprint density at radius 1 is 0.962 bits per heavy atom. The summed E-state index contributed by atoms with van der Waals surface area (Å²) < 4.78 is 53.5. The summed E-state index contributed by atoms with van der Waals surface area (Å²) in [5, 5.41) is 0. The van der Waals surface area contributed by atoms with Crippen molar-refractivity contribution < 1.29 is 21.6 Å². The molecule has 1 aromatic carbocycles. The first-order chi connectivity index (χ1) is 11.9. The lowest BCUT2D eigenvalue weighted by Crippen LogP contribution is -2.36. The molecule has 0 aliphatic carbocycles. The summed E-state index contributed by atoms with van der Waals surface area (Å²) in [6.45, 7) is 5.80. The summed E-state index contributed by atoms with van der Waals surface area (Å²) in [7, 11) is -7.49. The van der Waals surface area contributed by atoms with E-state index in [9.17, 15) is 21.6 Å². The second-order valence-corrected chi connectivity index (χ2v) is 11.1. The van der Waals surface area contributed by atoms with E-state index in [2.05, 4.69) is 4.72 Å². The molecule has 9 heteroatoms. The molecule has 1 N–H and O–H groups in total. The minimum atomic E-state index is -3.88. The molecule has 1 aliphatic rings. The van der Waals surface area contributed by atoms with Crippen LogP contribution in [0.5, 0.6) is 0 Å². The molecule has 1 heterocycles. The van der Waals surface area contributed by atoms with E-state index in [0.717, 1.165) is 19.3 Å². The SMILES string of the molecule is CC(C)(C)C(=O)CNS(=O)(=O)c1ccc(S(=O)(=O)N2CCCCC2)cc1. The third-order valence-electron chi connectivity index (χ3n) is 4.35. The maximum atomic E-state index is 12.6. The van der Waals surface area contributed by atoms with Crippen molar-refractivity contribution in [1.29, 1.82) is 0 Å². The van der Waals surface area contributed by atoms with Gasteiger partial charge in [-0.15, -0.1) is 0 Å². The smallest absolute Gasteiger partial charge is 0.243 e. The standard InChI is InChI=1S/C17H26N2O5S2/c1-17(2,3)16(20)13-18-25(21,22)14-7-9-15(10-8-14)26(23,24)19-11-5-4-6-12-19/h7-10,18H,4-6,11-13H2,1-3H3. The average Bonchev–Trinajstić information content (AvgIpc) is 2.59. The first-order valence-electron chi connectivity index (χ1n) is 8.58. The van der Waals surface area contributed by atoms with Crippen LogP contribution in [0.15, 0.2) is 34.1 Å². The van der Waals surface area contributed by atoms with E-state index in [0.29, 0.717) is 13.1 Å². The van der Waals surface area contributed by atoms with Crippen molar-refractivity contribution in [3.63, 3.8) is 0 Å². The van der Waals surface area contributed by atoms with Crippen molar-refractivity contribution in [2.75, 3.05) is 19.6 Å². The zero-order valence-corrected chi connectivity index (χ0v) is 17.0. The lowest BCUT2D eigenvalue weighted by atomic mass is 9.91. The van der Waals surface area contributed by atoms with E-state index in [-0.39, 0.29) is 22.1 Å². The molecule has 1 aromatic rings. The van der Waals surface area contributed by atoms with E-state index in [1.807, 2.05) is 0 Å². The van der Waals surface area contributed by atoms with Crippen LogP contribution in [0.25, 0.3) is 0 Å². The summed E-state index contributed by atoms with van der Waals surface area (Å²) in [4.78, 5) is 11.9. The van der Waals surface area contributed by atoms with Gasteiger partial charge in [0.25, 0.3) is 0 Å². The highest BCUT2D eigenvalue weighted by Crippen LogP contribution is 2.22. The number of carbonyl (C=O) groups excluding carboxylic acids is 1. The summed E-state index contributed by atoms with van der Waals surface area (Å²) in [5.74, 6) is -0.231. The van der Waals surface area contributed by atoms with Gasteiger partial charge in [0.2, 0.25) is 20.0 Å². The molecule has 1 fully saturated rings. The Hall–Kier alpha value is -1.29. The van der Waals surface area contributed by atoms with Gasteiger partial charge in [-0.2, -0.15) is 4.31 Å². The van der Waals surface area contributed by atoms with Crippen LogP contribution in [-0.4, -0.2) is 46.6 Å². The lowest BCUT2D eigenvalue weighted by molar-refractivity contribution is -0.125. The Morgan fingerprint density at radius 3 is 1.96 bits per heavy atom. The molecule has 7 nitrogen and oxygen atoms in total. The summed E-state index contributed by atoms with van der Waals surface area (Å²) in [6, 6.07) is 5.09. The molecule has 0 atom stereocenters. The van der Waals surface area contributed by atoms with Crippen LogP contribution in [0.4, 0.5) is 0 Å². The molecule has 0 unspecified atom stereocenters. The second kappa shape index (κ2) is 7.75. The monoisotopic (exact) mass is 402 g/mol. The number of rotatable bonds is 6. The highest BCUT2D eigenvalue weighted by Gasteiger charge is 2.27. The van der Waals surface area contributed by atoms with Gasteiger partial charge in [0.1, 0.15) is 0 Å². The fraction of sp³-hybridized carbons (Fsp3) is 0.588. The van der Waals surface area contributed by atoms with Crippen molar-refractivity contribution in [3.8, 4) is 0 Å². The Labute approximate surface area is 155 Å². The number of ketones is 1. The maximum absolute atomic E-state index is 12.6. The van der Waals surface area contributed by atoms with Gasteiger partial charge < -0.3 is 0 Å². The van der Waals surface area contributed by atoms with Crippen LogP contribution in [0.1, 0.15) is 40.0 Å². The minimum absolute atomic E-state index is 0.0724. The molecule has 0 radical (unpaired) electrons. The van der Waals surface area contributed by atoms with Crippen molar-refractivity contribution in [3.05, 3.63) is 24.3 Å². The van der Waals surface area contributed by atoms with E-state index in [4.69, 9.17) is 0 Å². The molecule has 1 saturated heterocycles. The van der Waals surface area contributed by atoms with E-state index >= 15 is 0 Å². The molecule has 146 valence electrons. The molecule has 0 amide bonds. The van der Waals surface area contributed by atoms with Gasteiger partial charge in [0.05, 0.1) is 16.3 Å². The van der Waals surface area contributed by atoms with Crippen molar-refractivity contribution >= 4 is 25.8 Å². The highest BCUT2D eigenvalue weighted by molar-refractivity contribution is 7.89. The Morgan fingerprint density at radius 2 is 1.46 bits per heavy atom. The zero-order valence-electron chi connectivity index (χ0n) is 15.4. The van der Waals surface area contributed by atoms with E-state index < -0.39 is 25.5 Å². The molecular formula is C17H26N2O5S2. The molecule has 0 aromatic heterocycles. The van der Waals surface area contributed by atoms with Gasteiger partial charge in [-0.3, -0.25) is 4.79 Å². The van der Waals surface area contributed by atoms with Gasteiger partial charge in [0, 0.05) is 18.5 Å². The van der Waals surface area contributed by atoms with Gasteiger partial charge >= 0.3 is 0 Å². The molecule has 26 heavy (non-hydrogen) atoms. The minimum Gasteiger partial charge on any atom is -0.298 e. The van der Waals surface area contributed by atoms with Gasteiger partial charge in [-0.25, -0.2) is 21.6 Å². The third kappa shape index (κ3) is 4.91. The Kier molecular flexibility index (Phi) is 6.27. The second-order valence-electron chi connectivity index (χ2n) is 7.43. The number of nitrogens with zero attached hydrogens (tertiary/aromatic N) is 1. The van der Waals surface area contributed by atoms with Crippen molar-refractivity contribution in [2.24, 2.45) is 5.41 Å². The largest absolute Gasteiger partial charge is 0.298 e. The first kappa shape index (κ1) is 21.0. The first-order valence-corrected chi connectivity index (χ1v) is 11.5. The van der Waals surface area contributed by atoms with Gasteiger partial charge in [0.15, 0.2) is 5.78 Å². The van der Waals surface area contributed by atoms with Crippen molar-refractivity contribution in [2.45, 2.75) is 49.8 Å². The fourth-order valence-corrected chi connectivity index (χ4v) is 5.05. The number of sulfonamides is 2. The van der Waals surface area contributed by atoms with Crippen LogP contribution >= 0.6 is 0 Å². The molecule has 0 bridgehead atoms. The predicted octanol–water partition coefficient (Wildman–Crippen LogP) is 1.75. The van der Waals surface area contributed by atoms with Crippen LogP contribution in [-0.2, 0) is 24.8 Å². The number of hydrogen-bond donors (Lipinski definition) is 1. The van der Waals surface area contributed by atoms with Crippen molar-refractivity contribution in [1.82, 2.24) is 9.03 Å². The van der Waals surface area contributed by atoms with Crippen LogP contribution in [0.3, 0.4) is 0 Å². The Bertz CT molecular complexity index is 847. The maximum Gasteiger partial charge on any atom is 0.243 e. The molecule has 1 aliphatic heterocycles. The van der Waals surface area contributed by atoms with E-state index in [1.165, 1.54) is 28.6 Å². The topological polar surface area (TPSA) is 101 Å². The van der Waals surface area contributed by atoms with Crippen LogP contribution < -0.4 is 4.72 Å². The third-order valence-corrected chi connectivity index (χ3v) is 7.68. The van der Waals surface area contributed by atoms with Crippen LogP contribution in [0, 0.1) is 5.41 Å². The highest BCUT2D eigenvalue weighted by atomic mass is 32.2. The average molecular weight is 403 g/mol. The number of nitrogens with one attached hydrogen (secondary N) is 1. The molecule has 0 spiro atoms. The number of hydrogen-bond acceptors (Lipinski definition) is 5. The quantitative estimate of drug-likeness (QED) is 0.781. The fourth-order valence-electron chi connectivity index (χ4n) is 2.55. The normalized spacial score (nSPS) is 17.2. The predicted molar refractivity (Wildman–Crippen MR) is 98.7 cm³/mol. The van der Waals surface area contributed by atoms with E-state index in [1.54, 1.807) is 20.8 Å². The zero-order chi connectivity index (χ0) is 19.6. The number of piperidine rings is 1.